The minimum Gasteiger partial charge on any atom is -0.251 e. The summed E-state index contributed by atoms with van der Waals surface area (Å²) in [5.41, 5.74) is 0. The summed E-state index contributed by atoms with van der Waals surface area (Å²) in [5.74, 6) is -0.647. The molecule has 0 spiro atoms. The molecule has 0 aromatic rings. The highest BCUT2D eigenvalue weighted by Gasteiger charge is 2.00. The lowest BCUT2D eigenvalue weighted by Crippen LogP contribution is -2.03. The monoisotopic (exact) mass is 140 g/mol. The molecule has 0 amide bonds. The summed E-state index contributed by atoms with van der Waals surface area (Å²) in [7, 11) is -0.867. The van der Waals surface area contributed by atoms with Gasteiger partial charge in [0.05, 0.1) is 5.79 Å². The van der Waals surface area contributed by atoms with E-state index in [1.165, 1.54) is 0 Å². The zero-order chi connectivity index (χ0) is 5.70. The molecule has 0 aliphatic rings. The quantitative estimate of drug-likeness (QED) is 0.411. The van der Waals surface area contributed by atoms with Gasteiger partial charge in [0.25, 0.3) is 0 Å². The summed E-state index contributed by atoms with van der Waals surface area (Å²) in [4.78, 5) is 0. The molecule has 7 heavy (non-hydrogen) atoms. The van der Waals surface area contributed by atoms with Crippen molar-refractivity contribution < 1.29 is 4.39 Å². The van der Waals surface area contributed by atoms with Crippen molar-refractivity contribution in [2.24, 2.45) is 0 Å². The van der Waals surface area contributed by atoms with Crippen LogP contribution in [0.2, 0.25) is 0 Å². The van der Waals surface area contributed by atoms with E-state index in [0.29, 0.717) is 6.42 Å². The highest BCUT2D eigenvalue weighted by molar-refractivity contribution is 6.94. The average molecular weight is 141 g/mol. The molecule has 0 aliphatic carbocycles. The van der Waals surface area contributed by atoms with E-state index in [9.17, 15) is 4.39 Å². The van der Waals surface area contributed by atoms with Gasteiger partial charge in [-0.1, -0.05) is 13.3 Å². The minimum atomic E-state index is -0.867. The normalized spacial score (nSPS) is 15.9. The third-order valence-electron chi connectivity index (χ3n) is 0.769. The van der Waals surface area contributed by atoms with Crippen molar-refractivity contribution in [3.63, 3.8) is 0 Å². The fraction of sp³-hybridized carbons (Fsp3) is 1.00. The lowest BCUT2D eigenvalue weighted by molar-refractivity contribution is 0.415. The second-order valence-corrected chi connectivity index (χ2v) is 3.66. The molecule has 1 atom stereocenters. The van der Waals surface area contributed by atoms with E-state index in [-0.39, 0.29) is 0 Å². The predicted octanol–water partition coefficient (Wildman–Crippen LogP) is 1.40. The van der Waals surface area contributed by atoms with Crippen molar-refractivity contribution in [2.75, 3.05) is 0 Å². The Morgan fingerprint density at radius 3 is 2.57 bits per heavy atom. The molecule has 1 unspecified atom stereocenters. The smallest absolute Gasteiger partial charge is 0.163 e. The molecule has 0 saturated heterocycles. The van der Waals surface area contributed by atoms with Crippen molar-refractivity contribution in [3.8, 4) is 0 Å². The lowest BCUT2D eigenvalue weighted by Gasteiger charge is -1.96. The first-order chi connectivity index (χ1) is 3.31. The van der Waals surface area contributed by atoms with Gasteiger partial charge in [-0.05, 0) is 6.42 Å². The van der Waals surface area contributed by atoms with Crippen LogP contribution in [0, 0.1) is 0 Å². The third-order valence-corrected chi connectivity index (χ3v) is 2.52. The molecule has 0 saturated carbocycles. The predicted molar refractivity (Wildman–Crippen MR) is 34.2 cm³/mol. The Kier molecular flexibility index (Phi) is 4.88. The van der Waals surface area contributed by atoms with Gasteiger partial charge in [-0.15, -0.1) is 0 Å². The molecule has 0 aromatic heterocycles. The van der Waals surface area contributed by atoms with E-state index in [4.69, 9.17) is 11.1 Å². The molecule has 0 radical (unpaired) electrons. The topological polar surface area (TPSA) is 0 Å². The molecule has 44 valence electrons. The van der Waals surface area contributed by atoms with Crippen molar-refractivity contribution in [3.05, 3.63) is 0 Å². The maximum Gasteiger partial charge on any atom is 0.163 e. The van der Waals surface area contributed by atoms with Crippen molar-refractivity contribution in [1.29, 1.82) is 0 Å². The van der Waals surface area contributed by atoms with Gasteiger partial charge in [-0.2, -0.15) is 11.1 Å². The van der Waals surface area contributed by atoms with Crippen LogP contribution in [0.4, 0.5) is 4.39 Å². The summed E-state index contributed by atoms with van der Waals surface area (Å²) >= 11 is 5.29. The largest absolute Gasteiger partial charge is 0.251 e. The summed E-state index contributed by atoms with van der Waals surface area (Å²) in [6.07, 6.45) is 1.58. The van der Waals surface area contributed by atoms with Crippen LogP contribution in [0.3, 0.4) is 0 Å². The van der Waals surface area contributed by atoms with Gasteiger partial charge in [0.1, 0.15) is 0 Å². The number of hydrogen-bond acceptors (Lipinski definition) is 0. The van der Waals surface area contributed by atoms with Crippen LogP contribution in [-0.2, 0) is 0 Å². The Morgan fingerprint density at radius 1 is 1.86 bits per heavy atom. The summed E-state index contributed by atoms with van der Waals surface area (Å²) in [5, 5.41) is 0. The first-order valence-electron chi connectivity index (χ1n) is 2.51. The lowest BCUT2D eigenvalue weighted by atomic mass is 10.4. The van der Waals surface area contributed by atoms with E-state index < -0.39 is 14.6 Å². The molecule has 0 N–H and O–H groups in total. The van der Waals surface area contributed by atoms with Crippen LogP contribution in [0.25, 0.3) is 0 Å². The zero-order valence-electron chi connectivity index (χ0n) is 4.45. The van der Waals surface area contributed by atoms with Crippen molar-refractivity contribution in [2.45, 2.75) is 25.6 Å². The zero-order valence-corrected chi connectivity index (χ0v) is 6.62. The van der Waals surface area contributed by atoms with Gasteiger partial charge in [0.15, 0.2) is 8.83 Å². The van der Waals surface area contributed by atoms with Gasteiger partial charge < -0.3 is 0 Å². The first kappa shape index (κ1) is 7.44. The van der Waals surface area contributed by atoms with Gasteiger partial charge in [-0.25, -0.2) is 0 Å². The minimum absolute atomic E-state index is 0.647. The SMILES string of the molecule is CCCC(F)[SiH2]Cl. The van der Waals surface area contributed by atoms with Crippen LogP contribution in [0.5, 0.6) is 0 Å². The number of halogens is 2. The molecule has 0 rings (SSSR count). The molecular formula is C4H10ClFSi. The standard InChI is InChI=1S/C4H10ClFSi/c1-2-3-4(6)7-5/h4H,2-3,7H2,1H3. The number of hydrogen-bond donors (Lipinski definition) is 0. The third kappa shape index (κ3) is 4.29. The van der Waals surface area contributed by atoms with Crippen LogP contribution in [0.15, 0.2) is 0 Å². The van der Waals surface area contributed by atoms with E-state index in [0.717, 1.165) is 6.42 Å². The highest BCUT2D eigenvalue weighted by atomic mass is 35.6. The molecule has 0 aliphatic heterocycles. The van der Waals surface area contributed by atoms with Crippen molar-refractivity contribution >= 4 is 19.9 Å². The van der Waals surface area contributed by atoms with Crippen LogP contribution >= 0.6 is 11.1 Å². The first-order valence-corrected chi connectivity index (χ1v) is 5.46. The molecule has 0 nitrogen and oxygen atoms in total. The summed E-state index contributed by atoms with van der Waals surface area (Å²) in [6.45, 7) is 1.97. The Balaban J connectivity index is 2.83. The second kappa shape index (κ2) is 4.59. The average Bonchev–Trinajstić information content (AvgIpc) is 1.68. The Morgan fingerprint density at radius 2 is 2.43 bits per heavy atom. The number of rotatable bonds is 3. The van der Waals surface area contributed by atoms with Crippen LogP contribution in [-0.4, -0.2) is 14.6 Å². The Bertz CT molecular complexity index is 42.7. The van der Waals surface area contributed by atoms with Gasteiger partial charge in [0.2, 0.25) is 0 Å². The van der Waals surface area contributed by atoms with E-state index in [1.54, 1.807) is 0 Å². The van der Waals surface area contributed by atoms with E-state index in [2.05, 4.69) is 0 Å². The van der Waals surface area contributed by atoms with Crippen LogP contribution in [0.1, 0.15) is 19.8 Å². The highest BCUT2D eigenvalue weighted by Crippen LogP contribution is 1.99. The van der Waals surface area contributed by atoms with Gasteiger partial charge >= 0.3 is 0 Å². The number of alkyl halides is 1. The van der Waals surface area contributed by atoms with Crippen molar-refractivity contribution in [1.82, 2.24) is 0 Å². The molecular weight excluding hydrogens is 131 g/mol. The summed E-state index contributed by atoms with van der Waals surface area (Å²) in [6, 6.07) is 0. The molecule has 0 fully saturated rings. The fourth-order valence-electron chi connectivity index (χ4n) is 0.390. The Labute approximate surface area is 50.6 Å². The van der Waals surface area contributed by atoms with Crippen LogP contribution < -0.4 is 0 Å². The molecule has 0 heterocycles. The van der Waals surface area contributed by atoms with Gasteiger partial charge in [0, 0.05) is 0 Å². The maximum absolute atomic E-state index is 12.1. The molecule has 0 bridgehead atoms. The molecule has 3 heteroatoms. The second-order valence-electron chi connectivity index (χ2n) is 1.54. The van der Waals surface area contributed by atoms with E-state index in [1.807, 2.05) is 6.92 Å². The molecule has 0 aromatic carbocycles. The van der Waals surface area contributed by atoms with Gasteiger partial charge in [-0.3, -0.25) is 4.39 Å². The fourth-order valence-corrected chi connectivity index (χ4v) is 1.42. The maximum atomic E-state index is 12.1. The summed E-state index contributed by atoms with van der Waals surface area (Å²) < 4.78 is 12.1. The van der Waals surface area contributed by atoms with E-state index >= 15 is 0 Å². The Hall–Kier alpha value is 0.437.